The summed E-state index contributed by atoms with van der Waals surface area (Å²) >= 11 is 0. The second kappa shape index (κ2) is 33.5. The molecule has 0 rings (SSSR count). The Morgan fingerprint density at radius 2 is 0.685 bits per heavy atom. The lowest BCUT2D eigenvalue weighted by atomic mass is 9.81. The van der Waals surface area contributed by atoms with Crippen LogP contribution in [-0.4, -0.2) is 141 Å². The van der Waals surface area contributed by atoms with E-state index in [1.165, 1.54) is 0 Å². The molecule has 0 saturated carbocycles. The van der Waals surface area contributed by atoms with Crippen molar-refractivity contribution in [2.75, 3.05) is 85.9 Å². The number of hydrogen-bond acceptors (Lipinski definition) is 13. The van der Waals surface area contributed by atoms with Crippen molar-refractivity contribution < 1.29 is 42.6 Å². The highest BCUT2D eigenvalue weighted by molar-refractivity contribution is 4.78. The van der Waals surface area contributed by atoms with Crippen LogP contribution in [0.25, 0.3) is 0 Å². The Morgan fingerprint density at radius 1 is 0.407 bits per heavy atom. The van der Waals surface area contributed by atoms with Gasteiger partial charge in [0.15, 0.2) is 0 Å². The first-order valence-electron chi connectivity index (χ1n) is 20.7. The summed E-state index contributed by atoms with van der Waals surface area (Å²) in [6.07, 6.45) is 4.58. The van der Waals surface area contributed by atoms with E-state index in [-0.39, 0.29) is 65.5 Å². The fraction of sp³-hybridized carbons (Fsp3) is 1.00. The molecule has 0 spiro atoms. The van der Waals surface area contributed by atoms with Crippen molar-refractivity contribution in [2.45, 2.75) is 170 Å². The Balaban J connectivity index is 0. The van der Waals surface area contributed by atoms with Gasteiger partial charge in [-0.05, 0) is 75.2 Å². The average Bonchev–Trinajstić information content (AvgIpc) is 3.09. The van der Waals surface area contributed by atoms with Crippen molar-refractivity contribution in [1.29, 1.82) is 0 Å². The fourth-order valence-electron chi connectivity index (χ4n) is 4.85. The molecule has 0 aromatic rings. The van der Waals surface area contributed by atoms with Gasteiger partial charge in [-0.2, -0.15) is 0 Å². The molecule has 0 fully saturated rings. The lowest BCUT2D eigenvalue weighted by Gasteiger charge is -2.33. The first kappa shape index (κ1) is 55.6. The molecule has 0 aromatic heterocycles. The minimum Gasteiger partial charge on any atom is -0.378 e. The van der Waals surface area contributed by atoms with E-state index in [9.17, 15) is 0 Å². The SMILES string of the molecule is CC(N)COC(C)COCC(C)(C)COCC(C)OCC(C)N.CCCCC(CC)(COCC(C)OCC(C)N)COCC(C)OCC(C)OCC(C)N. The van der Waals surface area contributed by atoms with E-state index in [1.807, 2.05) is 62.3 Å². The fourth-order valence-corrected chi connectivity index (χ4v) is 4.85. The number of unbranched alkanes of at least 4 members (excludes halogenated alkanes) is 1. The quantitative estimate of drug-likeness (QED) is 0.0669. The molecule has 10 unspecified atom stereocenters. The summed E-state index contributed by atoms with van der Waals surface area (Å²) in [6, 6.07) is 0.176. The predicted molar refractivity (Wildman–Crippen MR) is 221 cm³/mol. The summed E-state index contributed by atoms with van der Waals surface area (Å²) in [6.45, 7) is 34.0. The standard InChI is InChI=1S/C24H52N2O5.C17H38N2O4/c1-8-10-11-24(9-2,17-27-14-21(5)29-12-19(3)25)18-28-15-22(6)31-16-23(7)30-13-20(4)26;1-13(18)7-22-15(3)9-20-11-17(5,6)12-21-10-16(4)23-8-14(2)19/h19-23H,8-18,25-26H2,1-7H3;13-16H,7-12,18-19H2,1-6H3. The van der Waals surface area contributed by atoms with Gasteiger partial charge in [0.2, 0.25) is 0 Å². The molecule has 13 heteroatoms. The van der Waals surface area contributed by atoms with Gasteiger partial charge in [-0.3, -0.25) is 0 Å². The molecule has 54 heavy (non-hydrogen) atoms. The molecule has 13 nitrogen and oxygen atoms in total. The van der Waals surface area contributed by atoms with Crippen LogP contribution in [0.2, 0.25) is 0 Å². The molecule has 0 aromatic carbocycles. The van der Waals surface area contributed by atoms with Crippen LogP contribution in [0.1, 0.15) is 116 Å². The Bertz CT molecular complexity index is 799. The predicted octanol–water partition coefficient (Wildman–Crippen LogP) is 5.07. The molecule has 0 saturated heterocycles. The maximum atomic E-state index is 6.10. The van der Waals surface area contributed by atoms with E-state index in [2.05, 4.69) is 27.7 Å². The van der Waals surface area contributed by atoms with Crippen LogP contribution in [-0.2, 0) is 42.6 Å². The average molecular weight is 783 g/mol. The largest absolute Gasteiger partial charge is 0.378 e. The van der Waals surface area contributed by atoms with Gasteiger partial charge >= 0.3 is 0 Å². The smallest absolute Gasteiger partial charge is 0.0781 e. The molecule has 0 aliphatic rings. The first-order valence-corrected chi connectivity index (χ1v) is 20.7. The van der Waals surface area contributed by atoms with Crippen molar-refractivity contribution in [2.24, 2.45) is 33.8 Å². The van der Waals surface area contributed by atoms with Crippen LogP contribution in [0.4, 0.5) is 0 Å². The van der Waals surface area contributed by atoms with E-state index in [0.29, 0.717) is 85.9 Å². The minimum absolute atomic E-state index is 0.00896. The molecular formula is C41H90N4O9. The normalized spacial score (nSPS) is 18.4. The molecule has 0 bridgehead atoms. The molecule has 328 valence electrons. The molecule has 0 aliphatic heterocycles. The molecule has 0 amide bonds. The summed E-state index contributed by atoms with van der Waals surface area (Å²) in [5, 5.41) is 0. The summed E-state index contributed by atoms with van der Waals surface area (Å²) in [5.41, 5.74) is 22.8. The van der Waals surface area contributed by atoms with Crippen molar-refractivity contribution >= 4 is 0 Å². The third-order valence-electron chi connectivity index (χ3n) is 8.21. The van der Waals surface area contributed by atoms with Gasteiger partial charge in [0.05, 0.1) is 116 Å². The summed E-state index contributed by atoms with van der Waals surface area (Å²) in [5.74, 6) is 0. The number of rotatable bonds is 35. The molecule has 0 aliphatic carbocycles. The molecule has 8 N–H and O–H groups in total. The molecule has 0 heterocycles. The summed E-state index contributed by atoms with van der Waals surface area (Å²) in [7, 11) is 0. The van der Waals surface area contributed by atoms with E-state index in [0.717, 1.165) is 25.7 Å². The van der Waals surface area contributed by atoms with Crippen LogP contribution >= 0.6 is 0 Å². The number of hydrogen-bond donors (Lipinski definition) is 4. The van der Waals surface area contributed by atoms with E-state index in [1.54, 1.807) is 0 Å². The van der Waals surface area contributed by atoms with Crippen molar-refractivity contribution in [3.8, 4) is 0 Å². The molecular weight excluding hydrogens is 692 g/mol. The second-order valence-corrected chi connectivity index (χ2v) is 16.8. The van der Waals surface area contributed by atoms with Gasteiger partial charge in [0, 0.05) is 35.0 Å². The third-order valence-corrected chi connectivity index (χ3v) is 8.21. The maximum Gasteiger partial charge on any atom is 0.0781 e. The minimum atomic E-state index is -0.0538. The Hall–Kier alpha value is -0.520. The van der Waals surface area contributed by atoms with Crippen LogP contribution in [0, 0.1) is 10.8 Å². The zero-order valence-corrected chi connectivity index (χ0v) is 37.2. The summed E-state index contributed by atoms with van der Waals surface area (Å²) < 4.78 is 52.0. The lowest BCUT2D eigenvalue weighted by molar-refractivity contribution is -0.0890. The third kappa shape index (κ3) is 35.9. The first-order chi connectivity index (χ1) is 25.3. The van der Waals surface area contributed by atoms with E-state index < -0.39 is 0 Å². The van der Waals surface area contributed by atoms with Crippen LogP contribution in [0.15, 0.2) is 0 Å². The van der Waals surface area contributed by atoms with Gasteiger partial charge in [0.25, 0.3) is 0 Å². The topological polar surface area (TPSA) is 187 Å². The van der Waals surface area contributed by atoms with Gasteiger partial charge in [-0.25, -0.2) is 0 Å². The Labute approximate surface area is 332 Å². The van der Waals surface area contributed by atoms with Gasteiger partial charge in [-0.1, -0.05) is 40.5 Å². The van der Waals surface area contributed by atoms with Crippen LogP contribution in [0.5, 0.6) is 0 Å². The van der Waals surface area contributed by atoms with Gasteiger partial charge in [-0.15, -0.1) is 0 Å². The van der Waals surface area contributed by atoms with Gasteiger partial charge in [0.1, 0.15) is 0 Å². The van der Waals surface area contributed by atoms with E-state index in [4.69, 9.17) is 65.6 Å². The highest BCUT2D eigenvalue weighted by atomic mass is 16.6. The van der Waals surface area contributed by atoms with Crippen molar-refractivity contribution in [3.05, 3.63) is 0 Å². The second-order valence-electron chi connectivity index (χ2n) is 16.8. The van der Waals surface area contributed by atoms with E-state index >= 15 is 0 Å². The lowest BCUT2D eigenvalue weighted by Crippen LogP contribution is -2.35. The molecule has 0 radical (unpaired) electrons. The zero-order valence-electron chi connectivity index (χ0n) is 37.2. The Kier molecular flexibility index (Phi) is 34.4. The molecule has 10 atom stereocenters. The zero-order chi connectivity index (χ0) is 41.6. The maximum absolute atomic E-state index is 6.10. The Morgan fingerprint density at radius 3 is 0.963 bits per heavy atom. The number of nitrogens with two attached hydrogens (primary N) is 4. The van der Waals surface area contributed by atoms with Crippen LogP contribution < -0.4 is 22.9 Å². The highest BCUT2D eigenvalue weighted by Gasteiger charge is 2.29. The summed E-state index contributed by atoms with van der Waals surface area (Å²) in [4.78, 5) is 0. The van der Waals surface area contributed by atoms with Gasteiger partial charge < -0.3 is 65.6 Å². The van der Waals surface area contributed by atoms with Crippen LogP contribution in [0.3, 0.4) is 0 Å². The number of ether oxygens (including phenoxy) is 9. The monoisotopic (exact) mass is 783 g/mol. The van der Waals surface area contributed by atoms with Crippen molar-refractivity contribution in [1.82, 2.24) is 0 Å². The highest BCUT2D eigenvalue weighted by Crippen LogP contribution is 2.30. The van der Waals surface area contributed by atoms with Crippen molar-refractivity contribution in [3.63, 3.8) is 0 Å².